The first-order valence-electron chi connectivity index (χ1n) is 7.48. The maximum Gasteiger partial charge on any atom is 0.262 e. The Balaban J connectivity index is 2.23. The number of nitrogens with zero attached hydrogens (tertiary/aromatic N) is 1. The summed E-state index contributed by atoms with van der Waals surface area (Å²) in [7, 11) is 1.59. The van der Waals surface area contributed by atoms with E-state index in [1.54, 1.807) is 42.0 Å². The molecule has 1 heterocycles. The van der Waals surface area contributed by atoms with E-state index >= 15 is 0 Å². The molecule has 0 atom stereocenters. The van der Waals surface area contributed by atoms with Crippen LogP contribution in [-0.4, -0.2) is 23.9 Å². The fourth-order valence-electron chi connectivity index (χ4n) is 2.91. The van der Waals surface area contributed by atoms with Gasteiger partial charge in [0, 0.05) is 28.1 Å². The van der Waals surface area contributed by atoms with Gasteiger partial charge in [0.15, 0.2) is 0 Å². The summed E-state index contributed by atoms with van der Waals surface area (Å²) in [5.41, 5.74) is 2.88. The Kier molecular flexibility index (Phi) is 4.40. The molecule has 0 spiro atoms. The van der Waals surface area contributed by atoms with E-state index in [0.29, 0.717) is 16.3 Å². The lowest BCUT2D eigenvalue weighted by Crippen LogP contribution is -2.13. The minimum Gasteiger partial charge on any atom is -0.497 e. The molecule has 0 amide bonds. The Hall–Kier alpha value is -2.59. The van der Waals surface area contributed by atoms with Crippen LogP contribution in [0.25, 0.3) is 10.9 Å². The summed E-state index contributed by atoms with van der Waals surface area (Å²) in [6.45, 7) is 1.85. The molecule has 0 aliphatic heterocycles. The third-order valence-electron chi connectivity index (χ3n) is 4.12. The Morgan fingerprint density at radius 1 is 1.21 bits per heavy atom. The lowest BCUT2D eigenvalue weighted by molar-refractivity contribution is -0.107. The molecule has 0 fully saturated rings. The summed E-state index contributed by atoms with van der Waals surface area (Å²) < 4.78 is 6.90. The van der Waals surface area contributed by atoms with Crippen LogP contribution in [0.3, 0.4) is 0 Å². The average Bonchev–Trinajstić information content (AvgIpc) is 2.86. The van der Waals surface area contributed by atoms with E-state index < -0.39 is 0 Å². The first-order valence-corrected chi connectivity index (χ1v) is 7.86. The van der Waals surface area contributed by atoms with Crippen LogP contribution in [0.5, 0.6) is 5.75 Å². The van der Waals surface area contributed by atoms with Crippen LogP contribution in [0.1, 0.15) is 21.6 Å². The minimum absolute atomic E-state index is 0.156. The number of carbonyl (C=O) groups excluding carboxylic acids is 2. The van der Waals surface area contributed by atoms with Gasteiger partial charge in [-0.15, -0.1) is 0 Å². The Labute approximate surface area is 144 Å². The SMILES string of the molecule is COc1ccc2c(c1)c(CC=O)c(C)n2C(=O)c1ccc(Cl)cc1. The van der Waals surface area contributed by atoms with Crippen LogP contribution in [-0.2, 0) is 11.2 Å². The highest BCUT2D eigenvalue weighted by Crippen LogP contribution is 2.30. The Morgan fingerprint density at radius 2 is 1.92 bits per heavy atom. The van der Waals surface area contributed by atoms with Crippen LogP contribution < -0.4 is 4.74 Å². The van der Waals surface area contributed by atoms with Crippen LogP contribution in [0, 0.1) is 6.92 Å². The molecule has 24 heavy (non-hydrogen) atoms. The standard InChI is InChI=1S/C19H16ClNO3/c1-12-16(9-10-22)17-11-15(24-2)7-8-18(17)21(12)19(23)13-3-5-14(20)6-4-13/h3-8,10-11H,9H2,1-2H3. The zero-order valence-electron chi connectivity index (χ0n) is 13.4. The summed E-state index contributed by atoms with van der Waals surface area (Å²) in [6.07, 6.45) is 1.09. The highest BCUT2D eigenvalue weighted by molar-refractivity contribution is 6.30. The number of hydrogen-bond acceptors (Lipinski definition) is 3. The molecule has 1 aromatic heterocycles. The zero-order chi connectivity index (χ0) is 17.3. The van der Waals surface area contributed by atoms with Crippen molar-refractivity contribution in [1.29, 1.82) is 0 Å². The highest BCUT2D eigenvalue weighted by atomic mass is 35.5. The third-order valence-corrected chi connectivity index (χ3v) is 4.38. The number of hydrogen-bond donors (Lipinski definition) is 0. The van der Waals surface area contributed by atoms with Crippen molar-refractivity contribution in [3.05, 3.63) is 64.3 Å². The van der Waals surface area contributed by atoms with Crippen molar-refractivity contribution < 1.29 is 14.3 Å². The molecule has 0 radical (unpaired) electrons. The van der Waals surface area contributed by atoms with E-state index in [1.807, 2.05) is 19.1 Å². The third kappa shape index (κ3) is 2.69. The van der Waals surface area contributed by atoms with Crippen molar-refractivity contribution in [3.63, 3.8) is 0 Å². The largest absolute Gasteiger partial charge is 0.497 e. The fourth-order valence-corrected chi connectivity index (χ4v) is 3.04. The minimum atomic E-state index is -0.156. The number of rotatable bonds is 4. The van der Waals surface area contributed by atoms with E-state index in [4.69, 9.17) is 16.3 Å². The normalized spacial score (nSPS) is 10.8. The monoisotopic (exact) mass is 341 g/mol. The quantitative estimate of drug-likeness (QED) is 0.673. The topological polar surface area (TPSA) is 48.3 Å². The molecular weight excluding hydrogens is 326 g/mol. The number of halogens is 1. The van der Waals surface area contributed by atoms with Gasteiger partial charge in [0.2, 0.25) is 0 Å². The van der Waals surface area contributed by atoms with Crippen molar-refractivity contribution in [1.82, 2.24) is 4.57 Å². The first kappa shape index (κ1) is 16.3. The summed E-state index contributed by atoms with van der Waals surface area (Å²) in [5, 5.41) is 1.42. The zero-order valence-corrected chi connectivity index (χ0v) is 14.1. The van der Waals surface area contributed by atoms with E-state index in [-0.39, 0.29) is 12.3 Å². The van der Waals surface area contributed by atoms with Crippen LogP contribution in [0.4, 0.5) is 0 Å². The molecule has 0 unspecified atom stereocenters. The summed E-state index contributed by atoms with van der Waals surface area (Å²) in [5.74, 6) is 0.530. The second-order valence-corrected chi connectivity index (χ2v) is 5.90. The molecular formula is C19H16ClNO3. The Morgan fingerprint density at radius 3 is 2.54 bits per heavy atom. The number of aromatic nitrogens is 1. The maximum absolute atomic E-state index is 13.0. The molecule has 0 aliphatic carbocycles. The van der Waals surface area contributed by atoms with Gasteiger partial charge in [-0.05, 0) is 55.0 Å². The summed E-state index contributed by atoms with van der Waals surface area (Å²) in [4.78, 5) is 24.0. The predicted molar refractivity (Wildman–Crippen MR) is 94.2 cm³/mol. The molecule has 4 nitrogen and oxygen atoms in total. The molecule has 0 aliphatic rings. The van der Waals surface area contributed by atoms with Crippen molar-refractivity contribution in [3.8, 4) is 5.75 Å². The molecule has 3 aromatic rings. The van der Waals surface area contributed by atoms with Gasteiger partial charge in [-0.25, -0.2) is 0 Å². The van der Waals surface area contributed by atoms with Crippen LogP contribution in [0.2, 0.25) is 5.02 Å². The van der Waals surface area contributed by atoms with Gasteiger partial charge >= 0.3 is 0 Å². The van der Waals surface area contributed by atoms with Crippen molar-refractivity contribution in [2.75, 3.05) is 7.11 Å². The molecule has 122 valence electrons. The molecule has 0 N–H and O–H groups in total. The van der Waals surface area contributed by atoms with Gasteiger partial charge in [-0.2, -0.15) is 0 Å². The van der Waals surface area contributed by atoms with Gasteiger partial charge in [-0.3, -0.25) is 9.36 Å². The predicted octanol–water partition coefficient (Wildman–Crippen LogP) is 4.04. The number of ether oxygens (including phenoxy) is 1. The van der Waals surface area contributed by atoms with Gasteiger partial charge in [0.1, 0.15) is 12.0 Å². The van der Waals surface area contributed by atoms with Crippen molar-refractivity contribution >= 4 is 34.7 Å². The Bertz CT molecular complexity index is 926. The van der Waals surface area contributed by atoms with Gasteiger partial charge in [0.05, 0.1) is 12.6 Å². The second-order valence-electron chi connectivity index (χ2n) is 5.47. The maximum atomic E-state index is 13.0. The van der Waals surface area contributed by atoms with Gasteiger partial charge in [-0.1, -0.05) is 11.6 Å². The number of methoxy groups -OCH3 is 1. The van der Waals surface area contributed by atoms with Gasteiger partial charge < -0.3 is 9.53 Å². The second kappa shape index (κ2) is 6.49. The van der Waals surface area contributed by atoms with Crippen molar-refractivity contribution in [2.24, 2.45) is 0 Å². The number of fused-ring (bicyclic) bond motifs is 1. The lowest BCUT2D eigenvalue weighted by atomic mass is 10.1. The average molecular weight is 342 g/mol. The fraction of sp³-hybridized carbons (Fsp3) is 0.158. The van der Waals surface area contributed by atoms with E-state index in [0.717, 1.165) is 28.4 Å². The van der Waals surface area contributed by atoms with E-state index in [2.05, 4.69) is 0 Å². The molecule has 0 saturated heterocycles. The van der Waals surface area contributed by atoms with Gasteiger partial charge in [0.25, 0.3) is 5.91 Å². The van der Waals surface area contributed by atoms with E-state index in [9.17, 15) is 9.59 Å². The lowest BCUT2D eigenvalue weighted by Gasteiger charge is -2.08. The molecule has 5 heteroatoms. The first-order chi connectivity index (χ1) is 11.6. The number of carbonyl (C=O) groups is 2. The molecule has 2 aromatic carbocycles. The summed E-state index contributed by atoms with van der Waals surface area (Å²) in [6, 6.07) is 12.3. The van der Waals surface area contributed by atoms with E-state index in [1.165, 1.54) is 0 Å². The number of aldehydes is 1. The highest BCUT2D eigenvalue weighted by Gasteiger charge is 2.20. The molecule has 0 saturated carbocycles. The number of benzene rings is 2. The molecule has 0 bridgehead atoms. The summed E-state index contributed by atoms with van der Waals surface area (Å²) >= 11 is 5.90. The molecule has 3 rings (SSSR count). The van der Waals surface area contributed by atoms with Crippen molar-refractivity contribution in [2.45, 2.75) is 13.3 Å². The van der Waals surface area contributed by atoms with Crippen LogP contribution in [0.15, 0.2) is 42.5 Å². The smallest absolute Gasteiger partial charge is 0.262 e. The van der Waals surface area contributed by atoms with Crippen LogP contribution >= 0.6 is 11.6 Å².